The largest absolute Gasteiger partial charge is 0.462 e. The van der Waals surface area contributed by atoms with Gasteiger partial charge in [-0.2, -0.15) is 0 Å². The first-order chi connectivity index (χ1) is 7.27. The van der Waals surface area contributed by atoms with E-state index >= 15 is 0 Å². The van der Waals surface area contributed by atoms with Crippen LogP contribution in [-0.4, -0.2) is 18.5 Å². The van der Waals surface area contributed by atoms with Gasteiger partial charge in [-0.3, -0.25) is 4.79 Å². The first-order valence-corrected chi connectivity index (χ1v) is 4.83. The van der Waals surface area contributed by atoms with Gasteiger partial charge in [0.15, 0.2) is 0 Å². The van der Waals surface area contributed by atoms with Gasteiger partial charge in [0, 0.05) is 6.42 Å². The summed E-state index contributed by atoms with van der Waals surface area (Å²) in [5.41, 5.74) is 0.933. The molecule has 0 radical (unpaired) electrons. The lowest BCUT2D eigenvalue weighted by atomic mass is 10.2. The molecule has 0 aromatic heterocycles. The zero-order valence-corrected chi connectivity index (χ0v) is 8.16. The number of ether oxygens (including phenoxy) is 1. The van der Waals surface area contributed by atoms with Gasteiger partial charge in [-0.25, -0.2) is 4.79 Å². The molecule has 1 aliphatic rings. The molecule has 15 heavy (non-hydrogen) atoms. The van der Waals surface area contributed by atoms with E-state index in [1.165, 1.54) is 0 Å². The van der Waals surface area contributed by atoms with E-state index in [-0.39, 0.29) is 11.9 Å². The minimum absolute atomic E-state index is 0.0826. The molecule has 0 bridgehead atoms. The van der Waals surface area contributed by atoms with Crippen molar-refractivity contribution in [1.82, 2.24) is 0 Å². The number of benzene rings is 1. The Hall–Kier alpha value is -1.84. The topological polar surface area (TPSA) is 55.4 Å². The number of amides is 1. The third kappa shape index (κ3) is 2.15. The quantitative estimate of drug-likeness (QED) is 0.654. The monoisotopic (exact) mass is 205 g/mol. The Bertz CT molecular complexity index is 401. The van der Waals surface area contributed by atoms with Crippen molar-refractivity contribution in [3.63, 3.8) is 0 Å². The molecule has 1 aromatic carbocycles. The third-order valence-electron chi connectivity index (χ3n) is 2.20. The van der Waals surface area contributed by atoms with Gasteiger partial charge in [-0.15, -0.1) is 0 Å². The highest BCUT2D eigenvalue weighted by Crippen LogP contribution is 2.18. The number of cyclic esters (lactones) is 1. The Balaban J connectivity index is 2.37. The molecule has 0 saturated heterocycles. The van der Waals surface area contributed by atoms with Gasteiger partial charge >= 0.3 is 5.97 Å². The lowest BCUT2D eigenvalue weighted by molar-refractivity contribution is -0.116. The van der Waals surface area contributed by atoms with Crippen LogP contribution in [0.4, 0.5) is 5.69 Å². The number of rotatable bonds is 0. The van der Waals surface area contributed by atoms with E-state index in [2.05, 4.69) is 5.32 Å². The van der Waals surface area contributed by atoms with Gasteiger partial charge in [0.1, 0.15) is 0 Å². The number of anilines is 1. The Kier molecular flexibility index (Phi) is 2.67. The van der Waals surface area contributed by atoms with Crippen LogP contribution in [0.15, 0.2) is 24.3 Å². The van der Waals surface area contributed by atoms with E-state index < -0.39 is 0 Å². The van der Waals surface area contributed by atoms with Crippen molar-refractivity contribution in [2.45, 2.75) is 12.8 Å². The van der Waals surface area contributed by atoms with Crippen LogP contribution in [0.25, 0.3) is 0 Å². The average molecular weight is 205 g/mol. The minimum atomic E-state index is -0.382. The number of nitrogens with one attached hydrogen (secondary N) is 1. The fourth-order valence-electron chi connectivity index (χ4n) is 1.46. The van der Waals surface area contributed by atoms with Crippen molar-refractivity contribution < 1.29 is 14.3 Å². The summed E-state index contributed by atoms with van der Waals surface area (Å²) in [5, 5.41) is 2.69. The Morgan fingerprint density at radius 1 is 1.20 bits per heavy atom. The maximum absolute atomic E-state index is 11.5. The van der Waals surface area contributed by atoms with Gasteiger partial charge in [0.2, 0.25) is 5.91 Å². The number of esters is 1. The van der Waals surface area contributed by atoms with Crippen LogP contribution in [-0.2, 0) is 9.53 Å². The number of carbonyl (C=O) groups is 2. The van der Waals surface area contributed by atoms with E-state index in [9.17, 15) is 9.59 Å². The summed E-state index contributed by atoms with van der Waals surface area (Å²) in [4.78, 5) is 22.9. The van der Waals surface area contributed by atoms with Crippen molar-refractivity contribution in [1.29, 1.82) is 0 Å². The van der Waals surface area contributed by atoms with Crippen LogP contribution in [0.1, 0.15) is 23.2 Å². The first kappa shape index (κ1) is 9.71. The average Bonchev–Trinajstić information content (AvgIpc) is 2.30. The first-order valence-electron chi connectivity index (χ1n) is 4.83. The van der Waals surface area contributed by atoms with Crippen LogP contribution < -0.4 is 5.32 Å². The smallest absolute Gasteiger partial charge is 0.340 e. The lowest BCUT2D eigenvalue weighted by Gasteiger charge is -2.06. The van der Waals surface area contributed by atoms with Crippen molar-refractivity contribution in [2.75, 3.05) is 11.9 Å². The normalized spacial score (nSPS) is 16.5. The van der Waals surface area contributed by atoms with Crippen LogP contribution in [0, 0.1) is 0 Å². The molecule has 4 nitrogen and oxygen atoms in total. The SMILES string of the molecule is O=C1CCCOC(=O)c2ccccc2N1. The minimum Gasteiger partial charge on any atom is -0.462 e. The zero-order valence-electron chi connectivity index (χ0n) is 8.16. The second-order valence-corrected chi connectivity index (χ2v) is 3.33. The number of carbonyl (C=O) groups excluding carboxylic acids is 2. The van der Waals surface area contributed by atoms with Crippen molar-refractivity contribution in [2.24, 2.45) is 0 Å². The van der Waals surface area contributed by atoms with E-state index in [0.717, 1.165) is 0 Å². The molecule has 0 saturated carbocycles. The van der Waals surface area contributed by atoms with Crippen LogP contribution in [0.5, 0.6) is 0 Å². The van der Waals surface area contributed by atoms with Crippen LogP contribution >= 0.6 is 0 Å². The molecule has 0 unspecified atom stereocenters. The molecule has 1 heterocycles. The maximum atomic E-state index is 11.5. The predicted octanol–water partition coefficient (Wildman–Crippen LogP) is 1.58. The zero-order chi connectivity index (χ0) is 10.7. The molecule has 1 N–H and O–H groups in total. The lowest BCUT2D eigenvalue weighted by Crippen LogP contribution is -2.12. The van der Waals surface area contributed by atoms with Crippen LogP contribution in [0.2, 0.25) is 0 Å². The molecule has 0 spiro atoms. The van der Waals surface area contributed by atoms with Gasteiger partial charge in [-0.1, -0.05) is 12.1 Å². The molecule has 78 valence electrons. The molecule has 1 amide bonds. The molecule has 4 heteroatoms. The van der Waals surface area contributed by atoms with E-state index in [1.54, 1.807) is 24.3 Å². The summed E-state index contributed by atoms with van der Waals surface area (Å²) in [5.74, 6) is -0.464. The molecular weight excluding hydrogens is 194 g/mol. The van der Waals surface area contributed by atoms with E-state index in [1.807, 2.05) is 0 Å². The summed E-state index contributed by atoms with van der Waals surface area (Å²) < 4.78 is 5.01. The van der Waals surface area contributed by atoms with E-state index in [0.29, 0.717) is 30.7 Å². The van der Waals surface area contributed by atoms with Crippen LogP contribution in [0.3, 0.4) is 0 Å². The molecule has 1 aliphatic heterocycles. The van der Waals surface area contributed by atoms with Gasteiger partial charge in [0.05, 0.1) is 17.9 Å². The Morgan fingerprint density at radius 3 is 2.87 bits per heavy atom. The highest BCUT2D eigenvalue weighted by molar-refractivity contribution is 6.01. The van der Waals surface area contributed by atoms with E-state index in [4.69, 9.17) is 4.74 Å². The fraction of sp³-hybridized carbons (Fsp3) is 0.273. The van der Waals surface area contributed by atoms with Crippen molar-refractivity contribution in [3.05, 3.63) is 29.8 Å². The summed E-state index contributed by atoms with van der Waals surface area (Å²) in [6.45, 7) is 0.292. The highest BCUT2D eigenvalue weighted by Gasteiger charge is 2.16. The van der Waals surface area contributed by atoms with Crippen molar-refractivity contribution >= 4 is 17.6 Å². The summed E-state index contributed by atoms with van der Waals surface area (Å²) >= 11 is 0. The Labute approximate surface area is 87.2 Å². The summed E-state index contributed by atoms with van der Waals surface area (Å²) in [6.07, 6.45) is 0.938. The number of fused-ring (bicyclic) bond motifs is 1. The van der Waals surface area contributed by atoms with Crippen molar-refractivity contribution in [3.8, 4) is 0 Å². The molecule has 0 atom stereocenters. The fourth-order valence-corrected chi connectivity index (χ4v) is 1.46. The standard InChI is InChI=1S/C11H11NO3/c13-10-6-3-7-15-11(14)8-4-1-2-5-9(8)12-10/h1-2,4-5H,3,6-7H2,(H,12,13). The Morgan fingerprint density at radius 2 is 2.00 bits per heavy atom. The highest BCUT2D eigenvalue weighted by atomic mass is 16.5. The summed E-state index contributed by atoms with van der Waals surface area (Å²) in [7, 11) is 0. The summed E-state index contributed by atoms with van der Waals surface area (Å²) in [6, 6.07) is 6.84. The third-order valence-corrected chi connectivity index (χ3v) is 2.20. The number of hydrogen-bond acceptors (Lipinski definition) is 3. The molecule has 0 fully saturated rings. The second-order valence-electron chi connectivity index (χ2n) is 3.33. The molecule has 0 aliphatic carbocycles. The molecule has 2 rings (SSSR count). The molecular formula is C11H11NO3. The van der Waals surface area contributed by atoms with Gasteiger partial charge in [0.25, 0.3) is 0 Å². The van der Waals surface area contributed by atoms with Gasteiger partial charge in [-0.05, 0) is 18.6 Å². The number of para-hydroxylation sites is 1. The number of hydrogen-bond donors (Lipinski definition) is 1. The molecule has 1 aromatic rings. The maximum Gasteiger partial charge on any atom is 0.340 e. The van der Waals surface area contributed by atoms with Gasteiger partial charge < -0.3 is 10.1 Å². The predicted molar refractivity (Wildman–Crippen MR) is 54.6 cm³/mol. The second kappa shape index (κ2) is 4.13.